The molecule has 0 aliphatic heterocycles. The minimum Gasteiger partial charge on any atom is -0.309 e. The molecule has 2 aromatic heterocycles. The van der Waals surface area contributed by atoms with Crippen molar-refractivity contribution in [2.45, 2.75) is 31.1 Å². The molecule has 18 heavy (non-hydrogen) atoms. The predicted molar refractivity (Wildman–Crippen MR) is 70.8 cm³/mol. The molecule has 5 heteroatoms. The maximum absolute atomic E-state index is 11.5. The van der Waals surface area contributed by atoms with Crippen LogP contribution >= 0.6 is 11.6 Å². The Kier molecular flexibility index (Phi) is 3.04. The Hall–Kier alpha value is -1.42. The molecule has 1 aliphatic carbocycles. The molecule has 2 heterocycles. The third kappa shape index (κ3) is 2.12. The van der Waals surface area contributed by atoms with Crippen molar-refractivity contribution in [1.82, 2.24) is 15.0 Å². The van der Waals surface area contributed by atoms with Crippen LogP contribution in [0.25, 0.3) is 11.0 Å². The number of nitrogens with zero attached hydrogens (tertiary/aromatic N) is 2. The number of hydrogen-bond donors (Lipinski definition) is 1. The number of rotatable bonds is 2. The van der Waals surface area contributed by atoms with Crippen LogP contribution in [0.1, 0.15) is 25.0 Å². The fraction of sp³-hybridized carbons (Fsp3) is 0.462. The number of aromatic nitrogens is 3. The van der Waals surface area contributed by atoms with Crippen LogP contribution < -0.4 is 5.69 Å². The summed E-state index contributed by atoms with van der Waals surface area (Å²) in [5, 5.41) is 1.14. The summed E-state index contributed by atoms with van der Waals surface area (Å²) < 4.78 is 0. The quantitative estimate of drug-likeness (QED) is 0.846. The molecule has 0 aromatic carbocycles. The largest absolute Gasteiger partial charge is 0.347 e. The number of fused-ring (bicyclic) bond motifs is 1. The lowest BCUT2D eigenvalue weighted by molar-refractivity contribution is 0.546. The molecule has 94 valence electrons. The van der Waals surface area contributed by atoms with Crippen LogP contribution in [-0.2, 0) is 6.42 Å². The van der Waals surface area contributed by atoms with Crippen LogP contribution in [0.15, 0.2) is 23.1 Å². The molecule has 0 radical (unpaired) electrons. The van der Waals surface area contributed by atoms with Crippen molar-refractivity contribution in [2.75, 3.05) is 0 Å². The highest BCUT2D eigenvalue weighted by atomic mass is 35.5. The lowest BCUT2D eigenvalue weighted by Gasteiger charge is -2.14. The van der Waals surface area contributed by atoms with Gasteiger partial charge in [0.1, 0.15) is 0 Å². The van der Waals surface area contributed by atoms with Gasteiger partial charge in [-0.25, -0.2) is 9.78 Å². The molecule has 3 rings (SSSR count). The molecule has 1 aliphatic rings. The Labute approximate surface area is 109 Å². The van der Waals surface area contributed by atoms with Gasteiger partial charge in [-0.15, -0.1) is 11.6 Å². The summed E-state index contributed by atoms with van der Waals surface area (Å²) in [6, 6.07) is 3.80. The van der Waals surface area contributed by atoms with E-state index in [2.05, 4.69) is 15.0 Å². The zero-order chi connectivity index (χ0) is 12.5. The van der Waals surface area contributed by atoms with Crippen LogP contribution in [0.5, 0.6) is 0 Å². The van der Waals surface area contributed by atoms with Gasteiger partial charge in [0.05, 0.1) is 0 Å². The molecule has 0 bridgehead atoms. The van der Waals surface area contributed by atoms with Crippen LogP contribution in [-0.4, -0.2) is 20.3 Å². The van der Waals surface area contributed by atoms with E-state index in [1.807, 2.05) is 12.1 Å². The topological polar surface area (TPSA) is 58.6 Å². The molecule has 0 spiro atoms. The molecule has 2 atom stereocenters. The highest BCUT2D eigenvalue weighted by Gasteiger charge is 2.26. The maximum atomic E-state index is 11.5. The number of aromatic amines is 1. The van der Waals surface area contributed by atoms with Crippen molar-refractivity contribution >= 4 is 22.6 Å². The average Bonchev–Trinajstić information content (AvgIpc) is 2.75. The molecule has 1 fully saturated rings. The van der Waals surface area contributed by atoms with Gasteiger partial charge in [-0.05, 0) is 37.3 Å². The summed E-state index contributed by atoms with van der Waals surface area (Å²) in [5.74, 6) is 0.438. The number of halogens is 1. The van der Waals surface area contributed by atoms with Crippen molar-refractivity contribution in [3.63, 3.8) is 0 Å². The van der Waals surface area contributed by atoms with Crippen molar-refractivity contribution in [3.05, 3.63) is 34.5 Å². The van der Waals surface area contributed by atoms with Gasteiger partial charge in [0.15, 0.2) is 5.65 Å². The fourth-order valence-electron chi connectivity index (χ4n) is 2.69. The van der Waals surface area contributed by atoms with Crippen LogP contribution in [0.2, 0.25) is 0 Å². The van der Waals surface area contributed by atoms with Crippen LogP contribution in [0.4, 0.5) is 0 Å². The Morgan fingerprint density at radius 1 is 1.44 bits per heavy atom. The van der Waals surface area contributed by atoms with Crippen molar-refractivity contribution in [2.24, 2.45) is 5.92 Å². The summed E-state index contributed by atoms with van der Waals surface area (Å²) in [6.07, 6.45) is 5.81. The zero-order valence-electron chi connectivity index (χ0n) is 9.90. The minimum absolute atomic E-state index is 0.216. The Morgan fingerprint density at radius 2 is 2.33 bits per heavy atom. The summed E-state index contributed by atoms with van der Waals surface area (Å²) in [4.78, 5) is 22.4. The minimum atomic E-state index is -0.333. The number of nitrogens with one attached hydrogen (secondary N) is 1. The Bertz CT molecular complexity index is 625. The average molecular weight is 264 g/mol. The van der Waals surface area contributed by atoms with E-state index in [9.17, 15) is 4.79 Å². The summed E-state index contributed by atoms with van der Waals surface area (Å²) in [6.45, 7) is 0. The van der Waals surface area contributed by atoms with E-state index in [-0.39, 0.29) is 11.1 Å². The second-order valence-electron chi connectivity index (χ2n) is 4.81. The van der Waals surface area contributed by atoms with Gasteiger partial charge in [-0.1, -0.05) is 6.42 Å². The molecule has 2 unspecified atom stereocenters. The molecule has 1 saturated carbocycles. The van der Waals surface area contributed by atoms with Gasteiger partial charge >= 0.3 is 5.69 Å². The molecule has 1 N–H and O–H groups in total. The second kappa shape index (κ2) is 4.69. The first kappa shape index (κ1) is 11.7. The summed E-state index contributed by atoms with van der Waals surface area (Å²) in [7, 11) is 0. The van der Waals surface area contributed by atoms with E-state index in [4.69, 9.17) is 11.6 Å². The van der Waals surface area contributed by atoms with Crippen molar-refractivity contribution < 1.29 is 0 Å². The monoisotopic (exact) mass is 263 g/mol. The maximum Gasteiger partial charge on any atom is 0.347 e. The van der Waals surface area contributed by atoms with E-state index in [0.29, 0.717) is 11.6 Å². The van der Waals surface area contributed by atoms with E-state index in [0.717, 1.165) is 30.3 Å². The summed E-state index contributed by atoms with van der Waals surface area (Å²) >= 11 is 6.30. The molecule has 0 saturated heterocycles. The van der Waals surface area contributed by atoms with Gasteiger partial charge in [-0.2, -0.15) is 4.98 Å². The first-order valence-corrected chi connectivity index (χ1v) is 6.65. The van der Waals surface area contributed by atoms with E-state index in [1.54, 1.807) is 6.20 Å². The number of hydrogen-bond acceptors (Lipinski definition) is 3. The van der Waals surface area contributed by atoms with E-state index in [1.165, 1.54) is 6.42 Å². The third-order valence-electron chi connectivity index (χ3n) is 3.61. The normalized spacial score (nSPS) is 23.6. The van der Waals surface area contributed by atoms with Gasteiger partial charge in [-0.3, -0.25) is 0 Å². The van der Waals surface area contributed by atoms with Crippen LogP contribution in [0.3, 0.4) is 0 Å². The first-order chi connectivity index (χ1) is 8.74. The van der Waals surface area contributed by atoms with E-state index < -0.39 is 0 Å². The highest BCUT2D eigenvalue weighted by Crippen LogP contribution is 2.33. The lowest BCUT2D eigenvalue weighted by Crippen LogP contribution is -2.18. The Balaban J connectivity index is 2.02. The van der Waals surface area contributed by atoms with Gasteiger partial charge < -0.3 is 4.98 Å². The zero-order valence-corrected chi connectivity index (χ0v) is 10.7. The van der Waals surface area contributed by atoms with Gasteiger partial charge in [0.25, 0.3) is 0 Å². The van der Waals surface area contributed by atoms with Crippen molar-refractivity contribution in [1.29, 1.82) is 0 Å². The smallest absolute Gasteiger partial charge is 0.309 e. The van der Waals surface area contributed by atoms with E-state index >= 15 is 0 Å². The Morgan fingerprint density at radius 3 is 3.11 bits per heavy atom. The molecule has 4 nitrogen and oxygen atoms in total. The molecule has 2 aromatic rings. The standard InChI is InChI=1S/C13H14ClN3O/c14-10-5-1-3-8(10)7-11-9-4-2-6-15-12(9)17-13(18)16-11/h2,4,6,8,10H,1,3,5,7H2,(H,15,16,17,18). The molecular formula is C13H14ClN3O. The van der Waals surface area contributed by atoms with Crippen molar-refractivity contribution in [3.8, 4) is 0 Å². The van der Waals surface area contributed by atoms with Crippen LogP contribution in [0, 0.1) is 5.92 Å². The SMILES string of the molecule is O=c1nc2ncccc2c(CC2CCCC2Cl)[nH]1. The summed E-state index contributed by atoms with van der Waals surface area (Å²) in [5.41, 5.74) is 1.09. The number of H-pyrrole nitrogens is 1. The predicted octanol–water partition coefficient (Wildman–Crippen LogP) is 2.27. The highest BCUT2D eigenvalue weighted by molar-refractivity contribution is 6.20. The second-order valence-corrected chi connectivity index (χ2v) is 5.37. The number of pyridine rings is 1. The fourth-order valence-corrected chi connectivity index (χ4v) is 3.06. The molecule has 0 amide bonds. The van der Waals surface area contributed by atoms with Gasteiger partial charge in [0.2, 0.25) is 0 Å². The molecular weight excluding hydrogens is 250 g/mol. The van der Waals surface area contributed by atoms with Gasteiger partial charge in [0, 0.05) is 22.7 Å². The lowest BCUT2D eigenvalue weighted by atomic mass is 9.99. The third-order valence-corrected chi connectivity index (χ3v) is 4.18. The number of alkyl halides is 1. The first-order valence-electron chi connectivity index (χ1n) is 6.22.